The molecule has 1 saturated carbocycles. The number of nitrogens with zero attached hydrogens (tertiary/aromatic N) is 4. The van der Waals surface area contributed by atoms with Crippen LogP contribution in [0, 0.1) is 5.92 Å². The molecule has 1 aromatic carbocycles. The van der Waals surface area contributed by atoms with Crippen molar-refractivity contribution in [3.05, 3.63) is 76.7 Å². The maximum absolute atomic E-state index is 13.3. The van der Waals surface area contributed by atoms with E-state index < -0.39 is 0 Å². The van der Waals surface area contributed by atoms with Gasteiger partial charge in [0.2, 0.25) is 0 Å². The summed E-state index contributed by atoms with van der Waals surface area (Å²) in [5, 5.41) is 0. The lowest BCUT2D eigenvalue weighted by Gasteiger charge is -2.12. The number of para-hydroxylation sites is 2. The number of rotatable bonds is 4. The van der Waals surface area contributed by atoms with Crippen molar-refractivity contribution >= 4 is 16.6 Å². The average Bonchev–Trinajstić information content (AvgIpc) is 3.37. The van der Waals surface area contributed by atoms with E-state index in [1.807, 2.05) is 51.4 Å². The molecule has 3 aromatic heterocycles. The highest BCUT2D eigenvalue weighted by Gasteiger charge is 2.25. The summed E-state index contributed by atoms with van der Waals surface area (Å²) in [5.41, 5.74) is 4.43. The Labute approximate surface area is 144 Å². The van der Waals surface area contributed by atoms with Crippen LogP contribution in [0.5, 0.6) is 0 Å². The number of aromatic nitrogens is 4. The highest BCUT2D eigenvalue weighted by Crippen LogP contribution is 2.33. The first kappa shape index (κ1) is 14.4. The summed E-state index contributed by atoms with van der Waals surface area (Å²) in [5.74, 6) is 0.689. The molecule has 25 heavy (non-hydrogen) atoms. The van der Waals surface area contributed by atoms with Crippen molar-refractivity contribution in [1.82, 2.24) is 18.9 Å². The van der Waals surface area contributed by atoms with Gasteiger partial charge < -0.3 is 0 Å². The van der Waals surface area contributed by atoms with Crippen molar-refractivity contribution in [2.75, 3.05) is 0 Å². The Hall–Kier alpha value is -2.95. The van der Waals surface area contributed by atoms with E-state index in [0.717, 1.165) is 28.8 Å². The Morgan fingerprint density at radius 2 is 1.80 bits per heavy atom. The van der Waals surface area contributed by atoms with Gasteiger partial charge in [-0.05, 0) is 49.4 Å². The van der Waals surface area contributed by atoms with Gasteiger partial charge in [-0.1, -0.05) is 18.2 Å². The Morgan fingerprint density at radius 1 is 1.00 bits per heavy atom. The second-order valence-corrected chi connectivity index (χ2v) is 6.76. The molecule has 1 fully saturated rings. The van der Waals surface area contributed by atoms with Crippen LogP contribution in [-0.4, -0.2) is 18.9 Å². The molecule has 0 radical (unpaired) electrons. The predicted molar refractivity (Wildman–Crippen MR) is 96.7 cm³/mol. The van der Waals surface area contributed by atoms with Gasteiger partial charge in [0.1, 0.15) is 11.8 Å². The van der Waals surface area contributed by atoms with Crippen LogP contribution in [0.4, 0.5) is 0 Å². The lowest BCUT2D eigenvalue weighted by atomic mass is 10.2. The molecule has 5 nitrogen and oxygen atoms in total. The monoisotopic (exact) mass is 330 g/mol. The highest BCUT2D eigenvalue weighted by atomic mass is 16.1. The lowest BCUT2D eigenvalue weighted by Crippen LogP contribution is -2.24. The van der Waals surface area contributed by atoms with Gasteiger partial charge in [-0.2, -0.15) is 0 Å². The van der Waals surface area contributed by atoms with Gasteiger partial charge in [0.25, 0.3) is 5.56 Å². The summed E-state index contributed by atoms with van der Waals surface area (Å²) in [4.78, 5) is 22.3. The molecule has 0 N–H and O–H groups in total. The SMILES string of the molecule is O=c1c2c(CC3CC3)ncn2c2ccccc2n1Cc1ccccn1. The van der Waals surface area contributed by atoms with Crippen LogP contribution in [0.15, 0.2) is 59.8 Å². The Bertz CT molecular complexity index is 1120. The Morgan fingerprint density at radius 3 is 2.56 bits per heavy atom. The van der Waals surface area contributed by atoms with Crippen LogP contribution in [0.2, 0.25) is 0 Å². The van der Waals surface area contributed by atoms with Crippen molar-refractivity contribution in [3.63, 3.8) is 0 Å². The summed E-state index contributed by atoms with van der Waals surface area (Å²) in [7, 11) is 0. The fourth-order valence-electron chi connectivity index (χ4n) is 3.48. The number of fused-ring (bicyclic) bond motifs is 3. The van der Waals surface area contributed by atoms with Crippen LogP contribution < -0.4 is 5.56 Å². The maximum atomic E-state index is 13.3. The summed E-state index contributed by atoms with van der Waals surface area (Å²) in [6.07, 6.45) is 6.94. The molecular formula is C20H18N4O. The zero-order valence-corrected chi connectivity index (χ0v) is 13.8. The number of pyridine rings is 1. The van der Waals surface area contributed by atoms with Gasteiger partial charge >= 0.3 is 0 Å². The minimum atomic E-state index is 0.0116. The molecule has 0 aliphatic heterocycles. The molecule has 124 valence electrons. The van der Waals surface area contributed by atoms with Crippen LogP contribution in [0.3, 0.4) is 0 Å². The van der Waals surface area contributed by atoms with Crippen molar-refractivity contribution in [2.24, 2.45) is 5.92 Å². The summed E-state index contributed by atoms with van der Waals surface area (Å²) >= 11 is 0. The van der Waals surface area contributed by atoms with Gasteiger partial charge in [0.05, 0.1) is 29.0 Å². The first-order valence-electron chi connectivity index (χ1n) is 8.68. The third kappa shape index (κ3) is 2.43. The minimum absolute atomic E-state index is 0.0116. The van der Waals surface area contributed by atoms with Crippen LogP contribution >= 0.6 is 0 Å². The second kappa shape index (κ2) is 5.55. The molecule has 1 aliphatic carbocycles. The molecule has 4 aromatic rings. The van der Waals surface area contributed by atoms with Crippen molar-refractivity contribution in [1.29, 1.82) is 0 Å². The third-order valence-corrected chi connectivity index (χ3v) is 4.95. The Balaban J connectivity index is 1.78. The fraction of sp³-hybridized carbons (Fsp3) is 0.250. The summed E-state index contributed by atoms with van der Waals surface area (Å²) in [6, 6.07) is 13.8. The van der Waals surface area contributed by atoms with Crippen LogP contribution in [0.25, 0.3) is 16.6 Å². The van der Waals surface area contributed by atoms with Gasteiger partial charge in [0.15, 0.2) is 0 Å². The molecule has 0 unspecified atom stereocenters. The number of hydrogen-bond acceptors (Lipinski definition) is 3. The zero-order valence-electron chi connectivity index (χ0n) is 13.8. The van der Waals surface area contributed by atoms with E-state index in [4.69, 9.17) is 0 Å². The second-order valence-electron chi connectivity index (χ2n) is 6.76. The van der Waals surface area contributed by atoms with E-state index in [0.29, 0.717) is 18.0 Å². The van der Waals surface area contributed by atoms with Gasteiger partial charge in [-0.15, -0.1) is 0 Å². The fourth-order valence-corrected chi connectivity index (χ4v) is 3.48. The molecule has 0 amide bonds. The van der Waals surface area contributed by atoms with Crippen molar-refractivity contribution in [3.8, 4) is 0 Å². The zero-order chi connectivity index (χ0) is 16.8. The molecule has 3 heterocycles. The third-order valence-electron chi connectivity index (χ3n) is 4.95. The summed E-state index contributed by atoms with van der Waals surface area (Å²) < 4.78 is 3.77. The predicted octanol–water partition coefficient (Wildman–Crippen LogP) is 3.05. The van der Waals surface area contributed by atoms with E-state index in [9.17, 15) is 4.79 Å². The molecule has 0 bridgehead atoms. The largest absolute Gasteiger partial charge is 0.299 e. The smallest absolute Gasteiger partial charge is 0.277 e. The molecular weight excluding hydrogens is 312 g/mol. The first-order chi connectivity index (χ1) is 12.3. The lowest BCUT2D eigenvalue weighted by molar-refractivity contribution is 0.766. The molecule has 0 atom stereocenters. The van der Waals surface area contributed by atoms with Gasteiger partial charge in [0, 0.05) is 6.20 Å². The number of hydrogen-bond donors (Lipinski definition) is 0. The van der Waals surface area contributed by atoms with E-state index in [2.05, 4.69) is 9.97 Å². The average molecular weight is 330 g/mol. The van der Waals surface area contributed by atoms with Crippen molar-refractivity contribution in [2.45, 2.75) is 25.8 Å². The van der Waals surface area contributed by atoms with Crippen molar-refractivity contribution < 1.29 is 0 Å². The van der Waals surface area contributed by atoms with Gasteiger partial charge in [-0.3, -0.25) is 18.7 Å². The minimum Gasteiger partial charge on any atom is -0.299 e. The molecule has 0 spiro atoms. The quantitative estimate of drug-likeness (QED) is 0.578. The van der Waals surface area contributed by atoms with E-state index in [1.54, 1.807) is 12.5 Å². The number of benzene rings is 1. The standard InChI is InChI=1S/C20H18N4O/c25-20-19-16(11-14-8-9-14)22-13-24(19)18-7-2-1-6-17(18)23(20)12-15-5-3-4-10-21-15/h1-7,10,13-14H,8-9,11-12H2. The normalized spacial score (nSPS) is 14.4. The van der Waals surface area contributed by atoms with E-state index >= 15 is 0 Å². The Kier molecular flexibility index (Phi) is 3.20. The first-order valence-corrected chi connectivity index (χ1v) is 8.68. The van der Waals surface area contributed by atoms with Crippen LogP contribution in [-0.2, 0) is 13.0 Å². The molecule has 1 aliphatic rings. The highest BCUT2D eigenvalue weighted by molar-refractivity contribution is 5.79. The van der Waals surface area contributed by atoms with E-state index in [-0.39, 0.29) is 5.56 Å². The molecule has 5 rings (SSSR count). The molecule has 5 heteroatoms. The summed E-state index contributed by atoms with van der Waals surface area (Å²) in [6.45, 7) is 0.463. The van der Waals surface area contributed by atoms with Crippen LogP contribution in [0.1, 0.15) is 24.2 Å². The maximum Gasteiger partial charge on any atom is 0.277 e. The van der Waals surface area contributed by atoms with E-state index in [1.165, 1.54) is 12.8 Å². The number of imidazole rings is 1. The molecule has 0 saturated heterocycles. The van der Waals surface area contributed by atoms with Gasteiger partial charge in [-0.25, -0.2) is 4.98 Å². The topological polar surface area (TPSA) is 52.2 Å².